The molecule has 1 N–H and O–H groups in total. The largest absolute Gasteiger partial charge is 0.417 e. The van der Waals surface area contributed by atoms with Gasteiger partial charge in [0.1, 0.15) is 0 Å². The Hall–Kier alpha value is -3.68. The lowest BCUT2D eigenvalue weighted by Gasteiger charge is -2.13. The quantitative estimate of drug-likeness (QED) is 0.530. The summed E-state index contributed by atoms with van der Waals surface area (Å²) in [5, 5.41) is 7.52. The summed E-state index contributed by atoms with van der Waals surface area (Å²) in [6, 6.07) is 13.5. The second kappa shape index (κ2) is 7.05. The van der Waals surface area contributed by atoms with E-state index in [1.54, 1.807) is 29.2 Å². The summed E-state index contributed by atoms with van der Waals surface area (Å²) >= 11 is 0. The number of aromatic nitrogens is 3. The van der Waals surface area contributed by atoms with Gasteiger partial charge in [-0.3, -0.25) is 9.78 Å². The number of amides is 1. The third kappa shape index (κ3) is 3.56. The van der Waals surface area contributed by atoms with Gasteiger partial charge in [-0.1, -0.05) is 18.2 Å². The van der Waals surface area contributed by atoms with E-state index in [0.717, 1.165) is 23.5 Å². The number of carbonyl (C=O) groups is 1. The lowest BCUT2D eigenvalue weighted by Crippen LogP contribution is -2.18. The maximum absolute atomic E-state index is 13.2. The van der Waals surface area contributed by atoms with Crippen LogP contribution in [0.15, 0.2) is 67.0 Å². The molecule has 0 saturated carbocycles. The van der Waals surface area contributed by atoms with Gasteiger partial charge in [-0.25, -0.2) is 4.68 Å². The molecule has 4 aromatic rings. The van der Waals surface area contributed by atoms with E-state index < -0.39 is 23.2 Å². The molecule has 0 spiro atoms. The van der Waals surface area contributed by atoms with E-state index in [1.165, 1.54) is 12.1 Å². The van der Waals surface area contributed by atoms with Crippen molar-refractivity contribution in [1.82, 2.24) is 14.8 Å². The molecule has 2 aromatic carbocycles. The molecule has 1 amide bonds. The zero-order chi connectivity index (χ0) is 20.6. The number of pyridine rings is 1. The molecule has 0 fully saturated rings. The summed E-state index contributed by atoms with van der Waals surface area (Å²) in [6.07, 6.45) is -1.39. The Kier molecular flexibility index (Phi) is 4.54. The number of aryl methyl sites for hydroxylation is 1. The molecule has 2 heterocycles. The van der Waals surface area contributed by atoms with E-state index in [1.807, 2.05) is 25.1 Å². The molecule has 0 aliphatic heterocycles. The molecule has 8 heteroatoms. The maximum atomic E-state index is 13.2. The van der Waals surface area contributed by atoms with Gasteiger partial charge in [-0.2, -0.15) is 18.3 Å². The number of halogens is 3. The number of fused-ring (bicyclic) bond motifs is 1. The number of rotatable bonds is 3. The summed E-state index contributed by atoms with van der Waals surface area (Å²) in [6.45, 7) is 1.87. The molecule has 2 aromatic heterocycles. The molecular formula is C21H15F3N4O. The van der Waals surface area contributed by atoms with Crippen molar-refractivity contribution < 1.29 is 18.0 Å². The zero-order valence-electron chi connectivity index (χ0n) is 15.2. The van der Waals surface area contributed by atoms with Gasteiger partial charge in [0, 0.05) is 11.1 Å². The Morgan fingerprint density at radius 2 is 1.79 bits per heavy atom. The van der Waals surface area contributed by atoms with Gasteiger partial charge in [0.15, 0.2) is 0 Å². The van der Waals surface area contributed by atoms with E-state index in [9.17, 15) is 18.0 Å². The van der Waals surface area contributed by atoms with Crippen LogP contribution in [-0.2, 0) is 6.18 Å². The highest BCUT2D eigenvalue weighted by Gasteiger charge is 2.34. The number of carbonyl (C=O) groups excluding carboxylic acids is 1. The van der Waals surface area contributed by atoms with Crippen molar-refractivity contribution in [1.29, 1.82) is 0 Å². The molecule has 146 valence electrons. The molecule has 0 saturated heterocycles. The summed E-state index contributed by atoms with van der Waals surface area (Å²) in [5.41, 5.74) is 1.24. The van der Waals surface area contributed by atoms with Crippen molar-refractivity contribution >= 4 is 22.5 Å². The molecule has 0 atom stereocenters. The molecular weight excluding hydrogens is 381 g/mol. The minimum Gasteiger partial charge on any atom is -0.321 e. The van der Waals surface area contributed by atoms with Crippen LogP contribution >= 0.6 is 0 Å². The monoisotopic (exact) mass is 396 g/mol. The average Bonchev–Trinajstić information content (AvgIpc) is 3.13. The fraction of sp³-hybridized carbons (Fsp3) is 0.0952. The van der Waals surface area contributed by atoms with Crippen LogP contribution in [-0.4, -0.2) is 20.7 Å². The first kappa shape index (κ1) is 18.7. The zero-order valence-corrected chi connectivity index (χ0v) is 15.2. The van der Waals surface area contributed by atoms with Gasteiger partial charge in [0.2, 0.25) is 0 Å². The topological polar surface area (TPSA) is 59.8 Å². The summed E-state index contributed by atoms with van der Waals surface area (Å²) in [5.74, 6) is -0.838. The van der Waals surface area contributed by atoms with Crippen LogP contribution in [0.2, 0.25) is 0 Å². The predicted octanol–water partition coefficient (Wildman–Crippen LogP) is 5.00. The van der Waals surface area contributed by atoms with Crippen LogP contribution in [0, 0.1) is 6.92 Å². The highest BCUT2D eigenvalue weighted by molar-refractivity contribution is 6.09. The summed E-state index contributed by atoms with van der Waals surface area (Å²) in [4.78, 5) is 16.8. The fourth-order valence-corrected chi connectivity index (χ4v) is 3.07. The Labute approximate surface area is 163 Å². The second-order valence-corrected chi connectivity index (χ2v) is 6.45. The summed E-state index contributed by atoms with van der Waals surface area (Å²) in [7, 11) is 0. The number of hydrogen-bond donors (Lipinski definition) is 1. The average molecular weight is 396 g/mol. The van der Waals surface area contributed by atoms with Gasteiger partial charge in [-0.15, -0.1) is 0 Å². The Balaban J connectivity index is 1.71. The second-order valence-electron chi connectivity index (χ2n) is 6.45. The van der Waals surface area contributed by atoms with Crippen molar-refractivity contribution in [3.05, 3.63) is 83.8 Å². The van der Waals surface area contributed by atoms with Gasteiger partial charge >= 0.3 is 6.18 Å². The van der Waals surface area contributed by atoms with Crippen LogP contribution in [0.3, 0.4) is 0 Å². The van der Waals surface area contributed by atoms with E-state index in [4.69, 9.17) is 0 Å². The van der Waals surface area contributed by atoms with Crippen molar-refractivity contribution in [2.75, 3.05) is 5.32 Å². The number of hydrogen-bond acceptors (Lipinski definition) is 3. The first-order chi connectivity index (χ1) is 13.8. The standard InChI is InChI=1S/C21H15F3N4O/c1-13-9-10-14(11-25-13)28-19-8-4-7-18(16(19)12-26-28)27-20(29)15-5-2-3-6-17(15)21(22,23)24/h2-12H,1H3,(H,27,29). The predicted molar refractivity (Wildman–Crippen MR) is 103 cm³/mol. The minimum absolute atomic E-state index is 0.371. The number of benzene rings is 2. The van der Waals surface area contributed by atoms with Crippen molar-refractivity contribution in [2.24, 2.45) is 0 Å². The number of alkyl halides is 3. The van der Waals surface area contributed by atoms with Crippen molar-refractivity contribution in [3.63, 3.8) is 0 Å². The Bertz CT molecular complexity index is 1200. The van der Waals surface area contributed by atoms with Gasteiger partial charge in [-0.05, 0) is 43.3 Å². The van der Waals surface area contributed by atoms with Gasteiger partial charge in [0.25, 0.3) is 5.91 Å². The van der Waals surface area contributed by atoms with E-state index in [-0.39, 0.29) is 0 Å². The van der Waals surface area contributed by atoms with Gasteiger partial charge in [0.05, 0.1) is 40.4 Å². The number of nitrogens with one attached hydrogen (secondary N) is 1. The Morgan fingerprint density at radius 3 is 2.52 bits per heavy atom. The first-order valence-electron chi connectivity index (χ1n) is 8.72. The molecule has 0 unspecified atom stereocenters. The lowest BCUT2D eigenvalue weighted by molar-refractivity contribution is -0.137. The molecule has 4 rings (SSSR count). The van der Waals surface area contributed by atoms with Crippen LogP contribution in [0.1, 0.15) is 21.6 Å². The third-order valence-electron chi connectivity index (χ3n) is 4.48. The summed E-state index contributed by atoms with van der Waals surface area (Å²) < 4.78 is 41.3. The first-order valence-corrected chi connectivity index (χ1v) is 8.72. The van der Waals surface area contributed by atoms with E-state index >= 15 is 0 Å². The smallest absolute Gasteiger partial charge is 0.321 e. The van der Waals surface area contributed by atoms with Crippen LogP contribution < -0.4 is 5.32 Å². The minimum atomic E-state index is -4.62. The SMILES string of the molecule is Cc1ccc(-n2ncc3c(NC(=O)c4ccccc4C(F)(F)F)cccc32)cn1. The van der Waals surface area contributed by atoms with Crippen molar-refractivity contribution in [3.8, 4) is 5.69 Å². The normalized spacial score (nSPS) is 11.6. The van der Waals surface area contributed by atoms with Crippen LogP contribution in [0.5, 0.6) is 0 Å². The molecule has 0 aliphatic carbocycles. The number of anilines is 1. The number of nitrogens with zero attached hydrogens (tertiary/aromatic N) is 3. The highest BCUT2D eigenvalue weighted by Crippen LogP contribution is 2.33. The molecule has 29 heavy (non-hydrogen) atoms. The van der Waals surface area contributed by atoms with Crippen molar-refractivity contribution in [2.45, 2.75) is 13.1 Å². The molecule has 0 radical (unpaired) electrons. The van der Waals surface area contributed by atoms with E-state index in [0.29, 0.717) is 16.6 Å². The molecule has 0 aliphatic rings. The third-order valence-corrected chi connectivity index (χ3v) is 4.48. The molecule has 5 nitrogen and oxygen atoms in total. The van der Waals surface area contributed by atoms with E-state index in [2.05, 4.69) is 15.4 Å². The van der Waals surface area contributed by atoms with Crippen LogP contribution in [0.4, 0.5) is 18.9 Å². The van der Waals surface area contributed by atoms with Gasteiger partial charge < -0.3 is 5.32 Å². The lowest BCUT2D eigenvalue weighted by atomic mass is 10.1. The molecule has 0 bridgehead atoms. The fourth-order valence-electron chi connectivity index (χ4n) is 3.07. The van der Waals surface area contributed by atoms with Crippen LogP contribution in [0.25, 0.3) is 16.6 Å². The Morgan fingerprint density at radius 1 is 1.00 bits per heavy atom. The maximum Gasteiger partial charge on any atom is 0.417 e. The highest BCUT2D eigenvalue weighted by atomic mass is 19.4.